The molecule has 5 heteroatoms. The first-order chi connectivity index (χ1) is 4.20. The quantitative estimate of drug-likeness (QED) is 0.422. The lowest BCUT2D eigenvalue weighted by Gasteiger charge is -2.25. The molecule has 4 nitrogen and oxygen atoms in total. The van der Waals surface area contributed by atoms with Gasteiger partial charge in [-0.1, -0.05) is 0 Å². The van der Waals surface area contributed by atoms with Crippen LogP contribution in [0.15, 0.2) is 0 Å². The maximum absolute atomic E-state index is 10.7. The van der Waals surface area contributed by atoms with Crippen LogP contribution in [0.25, 0.3) is 0 Å². The smallest absolute Gasteiger partial charge is 0.260 e. The van der Waals surface area contributed by atoms with Gasteiger partial charge in [-0.15, -0.1) is 0 Å². The van der Waals surface area contributed by atoms with Crippen LogP contribution >= 0.6 is 12.2 Å². The van der Waals surface area contributed by atoms with Crippen molar-refractivity contribution in [3.63, 3.8) is 0 Å². The van der Waals surface area contributed by atoms with Crippen molar-refractivity contribution in [1.29, 1.82) is 0 Å². The predicted octanol–water partition coefficient (Wildman–Crippen LogP) is -1.16. The minimum atomic E-state index is -0.0106. The Labute approximate surface area is 58.2 Å². The second-order valence-corrected chi connectivity index (χ2v) is 2.16. The molecular weight excluding hydrogens is 138 g/mol. The molecule has 2 N–H and O–H groups in total. The van der Waals surface area contributed by atoms with Gasteiger partial charge >= 0.3 is 0 Å². The molecule has 1 fully saturated rings. The molecule has 0 unspecified atom stereocenters. The fourth-order valence-corrected chi connectivity index (χ4v) is 0.738. The molecule has 0 aromatic heterocycles. The van der Waals surface area contributed by atoms with Gasteiger partial charge in [0.15, 0.2) is 5.11 Å². The summed E-state index contributed by atoms with van der Waals surface area (Å²) in [5.74, 6) is -0.0106. The van der Waals surface area contributed by atoms with Crippen LogP contribution in [0.5, 0.6) is 0 Å². The van der Waals surface area contributed by atoms with Crippen LogP contribution in [-0.4, -0.2) is 29.6 Å². The number of hydrogen-bond donors (Lipinski definition) is 2. The normalized spacial score (nSPS) is 19.0. The summed E-state index contributed by atoms with van der Waals surface area (Å²) in [5, 5.41) is 4.55. The third-order valence-corrected chi connectivity index (χ3v) is 1.28. The predicted molar refractivity (Wildman–Crippen MR) is 36.5 cm³/mol. The van der Waals surface area contributed by atoms with Gasteiger partial charge in [-0.05, 0) is 12.2 Å². The van der Waals surface area contributed by atoms with E-state index in [0.29, 0.717) is 11.7 Å². The number of hydrogen-bond acceptors (Lipinski definition) is 2. The molecule has 1 aliphatic rings. The molecule has 0 aliphatic carbocycles. The van der Waals surface area contributed by atoms with Gasteiger partial charge in [0.1, 0.15) is 0 Å². The van der Waals surface area contributed by atoms with Crippen LogP contribution in [-0.2, 0) is 4.79 Å². The summed E-state index contributed by atoms with van der Waals surface area (Å²) in [5.41, 5.74) is 2.63. The zero-order chi connectivity index (χ0) is 6.85. The Morgan fingerprint density at radius 1 is 1.78 bits per heavy atom. The highest BCUT2D eigenvalue weighted by Gasteiger charge is 2.14. The molecule has 1 rings (SSSR count). The van der Waals surface area contributed by atoms with Crippen molar-refractivity contribution in [2.24, 2.45) is 0 Å². The first kappa shape index (κ1) is 6.28. The van der Waals surface area contributed by atoms with E-state index in [0.717, 1.165) is 0 Å². The molecular formula is C4H7N3OS. The fraction of sp³-hybridized carbons (Fsp3) is 0.500. The molecule has 0 saturated carbocycles. The summed E-state index contributed by atoms with van der Waals surface area (Å²) < 4.78 is 0. The fourth-order valence-electron chi connectivity index (χ4n) is 0.529. The first-order valence-corrected chi connectivity index (χ1v) is 2.92. The van der Waals surface area contributed by atoms with E-state index in [-0.39, 0.29) is 5.91 Å². The van der Waals surface area contributed by atoms with Crippen LogP contribution in [0.3, 0.4) is 0 Å². The van der Waals surface area contributed by atoms with Gasteiger partial charge in [0.2, 0.25) is 0 Å². The lowest BCUT2D eigenvalue weighted by atomic mass is 10.5. The second-order valence-electron chi connectivity index (χ2n) is 1.75. The zero-order valence-corrected chi connectivity index (χ0v) is 5.79. The first-order valence-electron chi connectivity index (χ1n) is 2.51. The van der Waals surface area contributed by atoms with Crippen LogP contribution in [0.1, 0.15) is 0 Å². The Morgan fingerprint density at radius 2 is 2.44 bits per heavy atom. The number of nitrogens with one attached hydrogen (secondary N) is 2. The molecule has 1 aliphatic heterocycles. The summed E-state index contributed by atoms with van der Waals surface area (Å²) in [7, 11) is 1.63. The van der Waals surface area contributed by atoms with Crippen molar-refractivity contribution in [2.75, 3.05) is 13.6 Å². The van der Waals surface area contributed by atoms with Crippen LogP contribution in [0.4, 0.5) is 0 Å². The molecule has 50 valence electrons. The van der Waals surface area contributed by atoms with Crippen molar-refractivity contribution >= 4 is 23.2 Å². The average Bonchev–Trinajstić information content (AvgIpc) is 1.80. The molecule has 0 atom stereocenters. The summed E-state index contributed by atoms with van der Waals surface area (Å²) >= 11 is 4.72. The minimum Gasteiger partial charge on any atom is -0.352 e. The van der Waals surface area contributed by atoms with Crippen molar-refractivity contribution in [3.8, 4) is 0 Å². The molecule has 0 aromatic rings. The van der Waals surface area contributed by atoms with E-state index in [2.05, 4.69) is 10.7 Å². The van der Waals surface area contributed by atoms with Gasteiger partial charge < -0.3 is 5.32 Å². The standard InChI is InChI=1S/C4H7N3OS/c1-7-3(8)2-5-4(9)6-7/h2H2,1H3,(H2,5,6,9). The molecule has 0 bridgehead atoms. The van der Waals surface area contributed by atoms with E-state index < -0.39 is 0 Å². The summed E-state index contributed by atoms with van der Waals surface area (Å²) in [4.78, 5) is 10.7. The maximum Gasteiger partial charge on any atom is 0.260 e. The van der Waals surface area contributed by atoms with Crippen LogP contribution in [0, 0.1) is 0 Å². The summed E-state index contributed by atoms with van der Waals surface area (Å²) in [6.45, 7) is 0.294. The lowest BCUT2D eigenvalue weighted by molar-refractivity contribution is -0.131. The number of hydrazine groups is 1. The van der Waals surface area contributed by atoms with E-state index in [1.54, 1.807) is 7.05 Å². The van der Waals surface area contributed by atoms with Gasteiger partial charge in [0.05, 0.1) is 6.54 Å². The Morgan fingerprint density at radius 3 is 2.89 bits per heavy atom. The highest BCUT2D eigenvalue weighted by atomic mass is 32.1. The number of amides is 1. The molecule has 0 spiro atoms. The van der Waals surface area contributed by atoms with Gasteiger partial charge in [-0.25, -0.2) is 0 Å². The topological polar surface area (TPSA) is 44.4 Å². The van der Waals surface area contributed by atoms with E-state index in [9.17, 15) is 4.79 Å². The molecule has 0 aromatic carbocycles. The highest BCUT2D eigenvalue weighted by molar-refractivity contribution is 7.80. The minimum absolute atomic E-state index is 0.0106. The number of nitrogens with zero attached hydrogens (tertiary/aromatic N) is 1. The van der Waals surface area contributed by atoms with Crippen LogP contribution in [0.2, 0.25) is 0 Å². The molecule has 9 heavy (non-hydrogen) atoms. The molecule has 1 saturated heterocycles. The SMILES string of the molecule is CN1NC(=S)NCC1=O. The number of carbonyl (C=O) groups is 1. The maximum atomic E-state index is 10.7. The number of rotatable bonds is 0. The Kier molecular flexibility index (Phi) is 1.52. The van der Waals surface area contributed by atoms with Crippen molar-refractivity contribution in [3.05, 3.63) is 0 Å². The third-order valence-electron chi connectivity index (χ3n) is 1.04. The molecule has 0 radical (unpaired) electrons. The molecule has 1 amide bonds. The van der Waals surface area contributed by atoms with E-state index >= 15 is 0 Å². The second kappa shape index (κ2) is 2.18. The lowest BCUT2D eigenvalue weighted by Crippen LogP contribution is -2.57. The van der Waals surface area contributed by atoms with Crippen molar-refractivity contribution in [2.45, 2.75) is 0 Å². The van der Waals surface area contributed by atoms with Gasteiger partial charge in [0.25, 0.3) is 5.91 Å². The monoisotopic (exact) mass is 145 g/mol. The zero-order valence-electron chi connectivity index (χ0n) is 4.97. The summed E-state index contributed by atoms with van der Waals surface area (Å²) in [6, 6.07) is 0. The van der Waals surface area contributed by atoms with Crippen molar-refractivity contribution in [1.82, 2.24) is 15.8 Å². The number of thiocarbonyl (C=S) groups is 1. The Hall–Kier alpha value is -0.840. The van der Waals surface area contributed by atoms with E-state index in [4.69, 9.17) is 12.2 Å². The largest absolute Gasteiger partial charge is 0.352 e. The Bertz CT molecular complexity index is 158. The number of carbonyl (C=O) groups excluding carboxylic acids is 1. The van der Waals surface area contributed by atoms with Crippen molar-refractivity contribution < 1.29 is 4.79 Å². The van der Waals surface area contributed by atoms with Crippen LogP contribution < -0.4 is 10.7 Å². The van der Waals surface area contributed by atoms with E-state index in [1.165, 1.54) is 5.01 Å². The molecule has 1 heterocycles. The highest BCUT2D eigenvalue weighted by Crippen LogP contribution is 1.83. The Balaban J connectivity index is 2.54. The van der Waals surface area contributed by atoms with E-state index in [1.807, 2.05) is 0 Å². The third kappa shape index (κ3) is 1.29. The van der Waals surface area contributed by atoms with Gasteiger partial charge in [0, 0.05) is 7.05 Å². The average molecular weight is 145 g/mol. The van der Waals surface area contributed by atoms with Gasteiger partial charge in [-0.2, -0.15) is 0 Å². The van der Waals surface area contributed by atoms with Gasteiger partial charge in [-0.3, -0.25) is 15.2 Å². The summed E-state index contributed by atoms with van der Waals surface area (Å²) in [6.07, 6.45) is 0. The number of likely N-dealkylation sites (N-methyl/N-ethyl adjacent to an activating group) is 1.